The largest absolute Gasteiger partial charge is 0.493 e. The zero-order valence-corrected chi connectivity index (χ0v) is 10.7. The van der Waals surface area contributed by atoms with E-state index in [1.807, 2.05) is 61.5 Å². The van der Waals surface area contributed by atoms with Crippen molar-refractivity contribution >= 4 is 17.4 Å². The summed E-state index contributed by atoms with van der Waals surface area (Å²) in [5, 5.41) is 0. The fraction of sp³-hybridized carbons (Fsp3) is 0.118. The third-order valence-corrected chi connectivity index (χ3v) is 3.21. The zero-order valence-electron chi connectivity index (χ0n) is 10.7. The number of carbonyl (C=O) groups excluding carboxylic acids is 1. The Morgan fingerprint density at radius 3 is 2.53 bits per heavy atom. The van der Waals surface area contributed by atoms with Crippen LogP contribution in [-0.4, -0.2) is 12.4 Å². The van der Waals surface area contributed by atoms with Gasteiger partial charge in [0.1, 0.15) is 5.75 Å². The fourth-order valence-electron chi connectivity index (χ4n) is 2.38. The second-order valence-corrected chi connectivity index (χ2v) is 4.41. The molecule has 0 aromatic heterocycles. The molecule has 0 N–H and O–H groups in total. The van der Waals surface area contributed by atoms with Crippen LogP contribution in [0.4, 0.5) is 0 Å². The Hall–Kier alpha value is -2.35. The van der Waals surface area contributed by atoms with Crippen LogP contribution < -0.4 is 4.74 Å². The molecule has 1 aliphatic rings. The lowest BCUT2D eigenvalue weighted by Crippen LogP contribution is -2.03. The Kier molecular flexibility index (Phi) is 2.92. The first-order valence-electron chi connectivity index (χ1n) is 6.39. The van der Waals surface area contributed by atoms with Gasteiger partial charge >= 0.3 is 0 Å². The Balaban J connectivity index is 2.07. The average Bonchev–Trinajstić information content (AvgIpc) is 2.79. The Morgan fingerprint density at radius 1 is 1.00 bits per heavy atom. The van der Waals surface area contributed by atoms with Crippen molar-refractivity contribution in [3.05, 3.63) is 65.2 Å². The molecule has 0 amide bonds. The van der Waals surface area contributed by atoms with Crippen molar-refractivity contribution in [2.45, 2.75) is 6.92 Å². The molecular formula is C17H14O2. The van der Waals surface area contributed by atoms with Gasteiger partial charge in [0.2, 0.25) is 0 Å². The van der Waals surface area contributed by atoms with Crippen LogP contribution in [0.5, 0.6) is 5.75 Å². The van der Waals surface area contributed by atoms with Crippen LogP contribution in [-0.2, 0) is 0 Å². The molecule has 0 heterocycles. The van der Waals surface area contributed by atoms with Gasteiger partial charge in [0.25, 0.3) is 0 Å². The summed E-state index contributed by atoms with van der Waals surface area (Å²) in [7, 11) is 0. The minimum Gasteiger partial charge on any atom is -0.493 e. The van der Waals surface area contributed by atoms with E-state index in [1.165, 1.54) is 0 Å². The van der Waals surface area contributed by atoms with Crippen LogP contribution >= 0.6 is 0 Å². The van der Waals surface area contributed by atoms with E-state index in [9.17, 15) is 4.79 Å². The summed E-state index contributed by atoms with van der Waals surface area (Å²) < 4.78 is 5.55. The topological polar surface area (TPSA) is 26.3 Å². The quantitative estimate of drug-likeness (QED) is 0.827. The number of carbonyl (C=O) groups is 1. The minimum atomic E-state index is 0.0465. The molecule has 0 aliphatic heterocycles. The van der Waals surface area contributed by atoms with Gasteiger partial charge in [0, 0.05) is 5.57 Å². The summed E-state index contributed by atoms with van der Waals surface area (Å²) in [6.07, 6.45) is 1.94. The first-order valence-corrected chi connectivity index (χ1v) is 6.39. The summed E-state index contributed by atoms with van der Waals surface area (Å²) in [4.78, 5) is 12.5. The zero-order chi connectivity index (χ0) is 13.2. The Morgan fingerprint density at radius 2 is 1.79 bits per heavy atom. The molecule has 0 spiro atoms. The van der Waals surface area contributed by atoms with Crippen molar-refractivity contribution in [1.29, 1.82) is 0 Å². The Labute approximate surface area is 112 Å². The van der Waals surface area contributed by atoms with Crippen molar-refractivity contribution in [2.24, 2.45) is 0 Å². The molecule has 3 rings (SSSR count). The summed E-state index contributed by atoms with van der Waals surface area (Å²) in [5.41, 5.74) is 3.31. The highest BCUT2D eigenvalue weighted by atomic mass is 16.5. The lowest BCUT2D eigenvalue weighted by molar-refractivity contribution is 0.105. The number of rotatable bonds is 3. The number of Topliss-reactive ketones (excluding diaryl/α,β-unsaturated/α-hetero) is 1. The summed E-state index contributed by atoms with van der Waals surface area (Å²) >= 11 is 0. The minimum absolute atomic E-state index is 0.0465. The Bertz CT molecular complexity index is 654. The van der Waals surface area contributed by atoms with Crippen LogP contribution in [0.1, 0.15) is 28.4 Å². The van der Waals surface area contributed by atoms with E-state index in [0.717, 1.165) is 16.7 Å². The first-order chi connectivity index (χ1) is 9.31. The third-order valence-electron chi connectivity index (χ3n) is 3.21. The molecule has 94 valence electrons. The van der Waals surface area contributed by atoms with Crippen LogP contribution in [0.3, 0.4) is 0 Å². The van der Waals surface area contributed by atoms with Gasteiger partial charge in [0.15, 0.2) is 5.78 Å². The molecule has 2 aromatic rings. The molecule has 1 aliphatic carbocycles. The molecule has 0 radical (unpaired) electrons. The van der Waals surface area contributed by atoms with E-state index >= 15 is 0 Å². The maximum absolute atomic E-state index is 12.5. The molecule has 0 unspecified atom stereocenters. The van der Waals surface area contributed by atoms with E-state index in [2.05, 4.69) is 0 Å². The smallest absolute Gasteiger partial charge is 0.197 e. The van der Waals surface area contributed by atoms with Gasteiger partial charge in [-0.2, -0.15) is 0 Å². The van der Waals surface area contributed by atoms with Crippen LogP contribution in [0, 0.1) is 0 Å². The predicted molar refractivity (Wildman–Crippen MR) is 76.3 cm³/mol. The van der Waals surface area contributed by atoms with Gasteiger partial charge in [-0.15, -0.1) is 0 Å². The molecule has 0 saturated carbocycles. The van der Waals surface area contributed by atoms with Crippen molar-refractivity contribution in [2.75, 3.05) is 6.61 Å². The maximum Gasteiger partial charge on any atom is 0.197 e. The molecule has 0 saturated heterocycles. The highest BCUT2D eigenvalue weighted by Gasteiger charge is 2.26. The second-order valence-electron chi connectivity index (χ2n) is 4.41. The molecule has 19 heavy (non-hydrogen) atoms. The number of ketones is 1. The van der Waals surface area contributed by atoms with E-state index in [-0.39, 0.29) is 5.78 Å². The number of fused-ring (bicyclic) bond motifs is 1. The maximum atomic E-state index is 12.5. The third kappa shape index (κ3) is 1.95. The van der Waals surface area contributed by atoms with Crippen LogP contribution in [0.15, 0.2) is 48.5 Å². The number of ether oxygens (including phenoxy) is 1. The van der Waals surface area contributed by atoms with E-state index in [4.69, 9.17) is 4.74 Å². The van der Waals surface area contributed by atoms with Gasteiger partial charge in [-0.1, -0.05) is 42.5 Å². The first kappa shape index (κ1) is 11.7. The summed E-state index contributed by atoms with van der Waals surface area (Å²) in [5.74, 6) is 0.720. The molecule has 0 atom stereocenters. The van der Waals surface area contributed by atoms with Crippen LogP contribution in [0.2, 0.25) is 0 Å². The molecule has 2 heteroatoms. The van der Waals surface area contributed by atoms with Gasteiger partial charge in [-0.05, 0) is 30.2 Å². The number of hydrogen-bond donors (Lipinski definition) is 0. The fourth-order valence-corrected chi connectivity index (χ4v) is 2.38. The molecule has 2 nitrogen and oxygen atoms in total. The summed E-state index contributed by atoms with van der Waals surface area (Å²) in [6, 6.07) is 15.5. The van der Waals surface area contributed by atoms with Crippen molar-refractivity contribution in [1.82, 2.24) is 0 Å². The second kappa shape index (κ2) is 4.73. The highest BCUT2D eigenvalue weighted by molar-refractivity contribution is 6.38. The highest BCUT2D eigenvalue weighted by Crippen LogP contribution is 2.36. The summed E-state index contributed by atoms with van der Waals surface area (Å²) in [6.45, 7) is 2.48. The van der Waals surface area contributed by atoms with E-state index in [1.54, 1.807) is 0 Å². The van der Waals surface area contributed by atoms with Crippen molar-refractivity contribution < 1.29 is 9.53 Å². The molecule has 2 aromatic carbocycles. The van der Waals surface area contributed by atoms with Crippen molar-refractivity contribution in [3.8, 4) is 5.75 Å². The monoisotopic (exact) mass is 250 g/mol. The van der Waals surface area contributed by atoms with Gasteiger partial charge in [-0.25, -0.2) is 0 Å². The van der Waals surface area contributed by atoms with Crippen LogP contribution in [0.25, 0.3) is 11.6 Å². The standard InChI is InChI=1S/C17H14O2/c1-2-19-15-10-6-9-13-11-14(17(18)16(13)15)12-7-4-3-5-8-12/h3-11H,2H2,1H3. The lowest BCUT2D eigenvalue weighted by atomic mass is 10.0. The number of hydrogen-bond acceptors (Lipinski definition) is 2. The number of benzene rings is 2. The molecule has 0 fully saturated rings. The predicted octanol–water partition coefficient (Wildman–Crippen LogP) is 3.82. The van der Waals surface area contributed by atoms with E-state index in [0.29, 0.717) is 17.9 Å². The average molecular weight is 250 g/mol. The molecule has 0 bridgehead atoms. The van der Waals surface area contributed by atoms with Gasteiger partial charge < -0.3 is 4.74 Å². The lowest BCUT2D eigenvalue weighted by Gasteiger charge is -2.08. The SMILES string of the molecule is CCOc1cccc2c1C(=O)C(c1ccccc1)=C2. The number of allylic oxidation sites excluding steroid dienone is 1. The molecular weight excluding hydrogens is 236 g/mol. The van der Waals surface area contributed by atoms with Gasteiger partial charge in [0.05, 0.1) is 12.2 Å². The van der Waals surface area contributed by atoms with E-state index < -0.39 is 0 Å². The normalized spacial score (nSPS) is 13.1. The van der Waals surface area contributed by atoms with Crippen molar-refractivity contribution in [3.63, 3.8) is 0 Å². The van der Waals surface area contributed by atoms with Gasteiger partial charge in [-0.3, -0.25) is 4.79 Å².